The Morgan fingerprint density at radius 1 is 1.36 bits per heavy atom. The Hall–Kier alpha value is -1.98. The van der Waals surface area contributed by atoms with Gasteiger partial charge < -0.3 is 19.8 Å². The van der Waals surface area contributed by atoms with Crippen LogP contribution in [-0.2, 0) is 13.0 Å². The standard InChI is InChI=1S/C16H20N2O3.ClH/c1-18(16(19)13-9-14(10-17)21-11-13)8-7-12-5-3-4-6-15(12)20-2;/h3-6,9,11H,7-8,10,17H2,1-2H3;1H. The van der Waals surface area contributed by atoms with Crippen molar-refractivity contribution in [1.82, 2.24) is 4.90 Å². The van der Waals surface area contributed by atoms with Crippen LogP contribution < -0.4 is 10.5 Å². The first kappa shape index (κ1) is 18.1. The van der Waals surface area contributed by atoms with Crippen molar-refractivity contribution in [2.24, 2.45) is 5.73 Å². The summed E-state index contributed by atoms with van der Waals surface area (Å²) >= 11 is 0. The Morgan fingerprint density at radius 3 is 2.73 bits per heavy atom. The minimum atomic E-state index is -0.0756. The van der Waals surface area contributed by atoms with Gasteiger partial charge in [-0.1, -0.05) is 18.2 Å². The zero-order valence-electron chi connectivity index (χ0n) is 12.7. The highest BCUT2D eigenvalue weighted by Gasteiger charge is 2.15. The molecule has 1 aromatic carbocycles. The molecule has 0 aliphatic carbocycles. The van der Waals surface area contributed by atoms with E-state index in [0.29, 0.717) is 17.9 Å². The number of ether oxygens (including phenoxy) is 1. The maximum absolute atomic E-state index is 12.2. The summed E-state index contributed by atoms with van der Waals surface area (Å²) in [5.74, 6) is 1.37. The SMILES string of the molecule is COc1ccccc1CCN(C)C(=O)c1coc(CN)c1.Cl. The van der Waals surface area contributed by atoms with Crippen LogP contribution in [0.5, 0.6) is 5.75 Å². The van der Waals surface area contributed by atoms with E-state index in [4.69, 9.17) is 14.9 Å². The number of amides is 1. The van der Waals surface area contributed by atoms with Crippen LogP contribution in [0.25, 0.3) is 0 Å². The Labute approximate surface area is 136 Å². The number of furan rings is 1. The van der Waals surface area contributed by atoms with Gasteiger partial charge in [-0.15, -0.1) is 12.4 Å². The molecule has 1 aromatic heterocycles. The summed E-state index contributed by atoms with van der Waals surface area (Å²) in [6.07, 6.45) is 2.18. The van der Waals surface area contributed by atoms with Crippen molar-refractivity contribution in [2.45, 2.75) is 13.0 Å². The zero-order valence-corrected chi connectivity index (χ0v) is 13.6. The van der Waals surface area contributed by atoms with E-state index in [1.165, 1.54) is 6.26 Å². The van der Waals surface area contributed by atoms with Crippen LogP contribution in [0.15, 0.2) is 41.0 Å². The zero-order chi connectivity index (χ0) is 15.2. The van der Waals surface area contributed by atoms with Gasteiger partial charge in [0.15, 0.2) is 0 Å². The van der Waals surface area contributed by atoms with Gasteiger partial charge in [0, 0.05) is 13.6 Å². The van der Waals surface area contributed by atoms with Gasteiger partial charge in [0.2, 0.25) is 0 Å². The molecule has 1 amide bonds. The number of nitrogens with two attached hydrogens (primary N) is 1. The largest absolute Gasteiger partial charge is 0.496 e. The first-order valence-electron chi connectivity index (χ1n) is 6.80. The number of rotatable bonds is 6. The maximum atomic E-state index is 12.2. The Kier molecular flexibility index (Phi) is 6.95. The number of hydrogen-bond donors (Lipinski definition) is 1. The normalized spacial score (nSPS) is 9.95. The number of methoxy groups -OCH3 is 1. The molecule has 1 heterocycles. The molecule has 0 aliphatic heterocycles. The van der Waals surface area contributed by atoms with Crippen molar-refractivity contribution in [3.8, 4) is 5.75 Å². The summed E-state index contributed by atoms with van der Waals surface area (Å²) in [5.41, 5.74) is 7.08. The number of carbonyl (C=O) groups is 1. The number of carbonyl (C=O) groups excluding carboxylic acids is 1. The quantitative estimate of drug-likeness (QED) is 0.886. The van der Waals surface area contributed by atoms with Crippen LogP contribution in [0.3, 0.4) is 0 Å². The molecule has 0 aliphatic rings. The van der Waals surface area contributed by atoms with E-state index in [9.17, 15) is 4.79 Å². The summed E-state index contributed by atoms with van der Waals surface area (Å²) in [6, 6.07) is 9.49. The minimum Gasteiger partial charge on any atom is -0.496 e. The predicted octanol–water partition coefficient (Wildman–Crippen LogP) is 2.48. The van der Waals surface area contributed by atoms with Crippen LogP contribution >= 0.6 is 12.4 Å². The molecule has 5 nitrogen and oxygen atoms in total. The minimum absolute atomic E-state index is 0. The van der Waals surface area contributed by atoms with Crippen LogP contribution in [0, 0.1) is 0 Å². The highest BCUT2D eigenvalue weighted by Crippen LogP contribution is 2.18. The van der Waals surface area contributed by atoms with Gasteiger partial charge in [0.1, 0.15) is 17.8 Å². The lowest BCUT2D eigenvalue weighted by Crippen LogP contribution is -2.28. The van der Waals surface area contributed by atoms with E-state index in [1.807, 2.05) is 24.3 Å². The van der Waals surface area contributed by atoms with Gasteiger partial charge in [0.05, 0.1) is 19.2 Å². The molecule has 6 heteroatoms. The third kappa shape index (κ3) is 4.26. The first-order chi connectivity index (χ1) is 10.2. The molecule has 0 atom stereocenters. The molecule has 0 spiro atoms. The molecule has 0 unspecified atom stereocenters. The molecular weight excluding hydrogens is 304 g/mol. The predicted molar refractivity (Wildman–Crippen MR) is 87.5 cm³/mol. The molecule has 2 rings (SSSR count). The van der Waals surface area contributed by atoms with E-state index >= 15 is 0 Å². The molecule has 120 valence electrons. The highest BCUT2D eigenvalue weighted by molar-refractivity contribution is 5.93. The summed E-state index contributed by atoms with van der Waals surface area (Å²) in [4.78, 5) is 13.9. The Bertz CT molecular complexity index is 613. The van der Waals surface area contributed by atoms with Crippen molar-refractivity contribution in [2.75, 3.05) is 20.7 Å². The molecule has 0 radical (unpaired) electrons. The van der Waals surface area contributed by atoms with Crippen molar-refractivity contribution < 1.29 is 13.9 Å². The van der Waals surface area contributed by atoms with Crippen molar-refractivity contribution >= 4 is 18.3 Å². The van der Waals surface area contributed by atoms with Crippen molar-refractivity contribution in [3.63, 3.8) is 0 Å². The van der Waals surface area contributed by atoms with Gasteiger partial charge in [-0.3, -0.25) is 4.79 Å². The number of para-hydroxylation sites is 1. The number of nitrogens with zero attached hydrogens (tertiary/aromatic N) is 1. The lowest BCUT2D eigenvalue weighted by molar-refractivity contribution is 0.0795. The summed E-state index contributed by atoms with van der Waals surface area (Å²) in [7, 11) is 3.42. The number of likely N-dealkylation sites (N-methyl/N-ethyl adjacent to an activating group) is 1. The van der Waals surface area contributed by atoms with Gasteiger partial charge in [0.25, 0.3) is 5.91 Å². The summed E-state index contributed by atoms with van der Waals surface area (Å²) in [6.45, 7) is 0.889. The van der Waals surface area contributed by atoms with E-state index in [1.54, 1.807) is 25.1 Å². The van der Waals surface area contributed by atoms with Gasteiger partial charge in [-0.2, -0.15) is 0 Å². The van der Waals surface area contributed by atoms with E-state index in [-0.39, 0.29) is 24.9 Å². The number of hydrogen-bond acceptors (Lipinski definition) is 4. The van der Waals surface area contributed by atoms with E-state index < -0.39 is 0 Å². The van der Waals surface area contributed by atoms with Crippen LogP contribution in [0.2, 0.25) is 0 Å². The average Bonchev–Trinajstić information content (AvgIpc) is 3.01. The molecule has 0 saturated carbocycles. The van der Waals surface area contributed by atoms with E-state index in [0.717, 1.165) is 17.7 Å². The van der Waals surface area contributed by atoms with Crippen LogP contribution in [0.1, 0.15) is 21.7 Å². The number of halogens is 1. The molecule has 0 fully saturated rings. The Morgan fingerprint density at radius 2 is 2.09 bits per heavy atom. The average molecular weight is 325 g/mol. The topological polar surface area (TPSA) is 68.7 Å². The molecule has 0 saturated heterocycles. The summed E-state index contributed by atoms with van der Waals surface area (Å²) in [5, 5.41) is 0. The third-order valence-corrected chi connectivity index (χ3v) is 3.36. The molecule has 22 heavy (non-hydrogen) atoms. The van der Waals surface area contributed by atoms with Gasteiger partial charge in [-0.25, -0.2) is 0 Å². The second-order valence-corrected chi connectivity index (χ2v) is 4.79. The lowest BCUT2D eigenvalue weighted by atomic mass is 10.1. The fraction of sp³-hybridized carbons (Fsp3) is 0.312. The van der Waals surface area contributed by atoms with Gasteiger partial charge in [-0.05, 0) is 24.1 Å². The molecule has 2 N–H and O–H groups in total. The fourth-order valence-electron chi connectivity index (χ4n) is 2.12. The second kappa shape index (κ2) is 8.46. The van der Waals surface area contributed by atoms with Crippen molar-refractivity contribution in [3.05, 3.63) is 53.5 Å². The monoisotopic (exact) mass is 324 g/mol. The first-order valence-corrected chi connectivity index (χ1v) is 6.80. The van der Waals surface area contributed by atoms with Gasteiger partial charge >= 0.3 is 0 Å². The summed E-state index contributed by atoms with van der Waals surface area (Å²) < 4.78 is 10.5. The van der Waals surface area contributed by atoms with Crippen LogP contribution in [0.4, 0.5) is 0 Å². The third-order valence-electron chi connectivity index (χ3n) is 3.36. The van der Waals surface area contributed by atoms with Crippen molar-refractivity contribution in [1.29, 1.82) is 0 Å². The maximum Gasteiger partial charge on any atom is 0.256 e. The molecule has 2 aromatic rings. The highest BCUT2D eigenvalue weighted by atomic mass is 35.5. The van der Waals surface area contributed by atoms with Crippen LogP contribution in [-0.4, -0.2) is 31.5 Å². The van der Waals surface area contributed by atoms with E-state index in [2.05, 4.69) is 0 Å². The second-order valence-electron chi connectivity index (χ2n) is 4.79. The number of benzene rings is 1. The Balaban J connectivity index is 0.00000242. The lowest BCUT2D eigenvalue weighted by Gasteiger charge is -2.17. The molecule has 0 bridgehead atoms. The smallest absolute Gasteiger partial charge is 0.256 e. The molecular formula is C16H21ClN2O3. The fourth-order valence-corrected chi connectivity index (χ4v) is 2.12.